The molecule has 1 aromatic carbocycles. The molecular weight excluding hydrogens is 317 g/mol. The van der Waals surface area contributed by atoms with E-state index in [2.05, 4.69) is 10.3 Å². The van der Waals surface area contributed by atoms with Gasteiger partial charge < -0.3 is 5.32 Å². The minimum atomic E-state index is -0.501. The number of aromatic nitrogens is 1. The van der Waals surface area contributed by atoms with E-state index in [1.54, 1.807) is 6.92 Å². The van der Waals surface area contributed by atoms with Crippen LogP contribution in [0, 0.1) is 17.0 Å². The minimum absolute atomic E-state index is 0.0143. The molecule has 6 nitrogen and oxygen atoms in total. The highest BCUT2D eigenvalue weighted by atomic mass is 35.5. The number of aryl methyl sites for hydroxylation is 1. The maximum Gasteiger partial charge on any atom is 0.269 e. The second kappa shape index (κ2) is 6.07. The molecule has 21 heavy (non-hydrogen) atoms. The number of hydrogen-bond acceptors (Lipinski definition) is 4. The molecule has 1 amide bonds. The highest BCUT2D eigenvalue weighted by Crippen LogP contribution is 2.23. The van der Waals surface area contributed by atoms with Crippen LogP contribution in [0.5, 0.6) is 0 Å². The summed E-state index contributed by atoms with van der Waals surface area (Å²) in [6, 6.07) is 7.04. The Morgan fingerprint density at radius 2 is 2.00 bits per heavy atom. The molecule has 0 bridgehead atoms. The molecule has 0 spiro atoms. The largest absolute Gasteiger partial charge is 0.322 e. The first kappa shape index (κ1) is 15.2. The number of non-ortho nitro benzene ring substituents is 1. The number of amides is 1. The van der Waals surface area contributed by atoms with Gasteiger partial charge in [0.2, 0.25) is 0 Å². The number of benzene rings is 1. The number of nitrogens with one attached hydrogen (secondary N) is 1. The van der Waals surface area contributed by atoms with E-state index in [1.165, 1.54) is 30.3 Å². The van der Waals surface area contributed by atoms with E-state index in [4.69, 9.17) is 23.2 Å². The van der Waals surface area contributed by atoms with Gasteiger partial charge in [0.25, 0.3) is 11.6 Å². The molecule has 1 aromatic heterocycles. The molecule has 0 aliphatic carbocycles. The van der Waals surface area contributed by atoms with Gasteiger partial charge in [0.1, 0.15) is 10.3 Å². The zero-order valence-corrected chi connectivity index (χ0v) is 12.3. The normalized spacial score (nSPS) is 10.2. The lowest BCUT2D eigenvalue weighted by molar-refractivity contribution is -0.384. The van der Waals surface area contributed by atoms with Gasteiger partial charge in [0.05, 0.1) is 10.5 Å². The SMILES string of the molecule is Cc1cc([N+](=O)[O-])ccc1NC(=O)c1ccc(Cl)nc1Cl. The third-order valence-electron chi connectivity index (χ3n) is 2.73. The average molecular weight is 326 g/mol. The van der Waals surface area contributed by atoms with E-state index in [-0.39, 0.29) is 21.6 Å². The van der Waals surface area contributed by atoms with Crippen LogP contribution in [0.1, 0.15) is 15.9 Å². The molecule has 0 atom stereocenters. The maximum atomic E-state index is 12.1. The summed E-state index contributed by atoms with van der Waals surface area (Å²) in [6.07, 6.45) is 0. The number of halogens is 2. The predicted octanol–water partition coefficient (Wildman–Crippen LogP) is 3.86. The highest BCUT2D eigenvalue weighted by Gasteiger charge is 2.14. The molecule has 0 radical (unpaired) electrons. The van der Waals surface area contributed by atoms with Gasteiger partial charge in [-0.3, -0.25) is 14.9 Å². The molecule has 1 heterocycles. The molecule has 1 N–H and O–H groups in total. The number of anilines is 1. The smallest absolute Gasteiger partial charge is 0.269 e. The third kappa shape index (κ3) is 3.48. The maximum absolute atomic E-state index is 12.1. The van der Waals surface area contributed by atoms with E-state index in [0.29, 0.717) is 11.3 Å². The molecule has 2 rings (SSSR count). The number of rotatable bonds is 3. The fraction of sp³-hybridized carbons (Fsp3) is 0.0769. The zero-order chi connectivity index (χ0) is 15.6. The highest BCUT2D eigenvalue weighted by molar-refractivity contribution is 6.35. The summed E-state index contributed by atoms with van der Waals surface area (Å²) in [6.45, 7) is 1.66. The van der Waals surface area contributed by atoms with Crippen molar-refractivity contribution in [1.29, 1.82) is 0 Å². The molecule has 0 saturated heterocycles. The number of nitro benzene ring substituents is 1. The summed E-state index contributed by atoms with van der Waals surface area (Å²) in [4.78, 5) is 26.0. The lowest BCUT2D eigenvalue weighted by Crippen LogP contribution is -2.14. The standard InChI is InChI=1S/C13H9Cl2N3O3/c1-7-6-8(18(20)21)2-4-10(7)16-13(19)9-3-5-11(14)17-12(9)15/h2-6H,1H3,(H,16,19). The van der Waals surface area contributed by atoms with Crippen LogP contribution in [0.25, 0.3) is 0 Å². The molecular formula is C13H9Cl2N3O3. The Morgan fingerprint density at radius 3 is 2.57 bits per heavy atom. The molecule has 0 aliphatic rings. The summed E-state index contributed by atoms with van der Waals surface area (Å²) in [7, 11) is 0. The van der Waals surface area contributed by atoms with Gasteiger partial charge in [-0.05, 0) is 30.7 Å². The minimum Gasteiger partial charge on any atom is -0.322 e. The fourth-order valence-electron chi connectivity index (χ4n) is 1.67. The first-order chi connectivity index (χ1) is 9.88. The molecule has 0 unspecified atom stereocenters. The second-order valence-electron chi connectivity index (χ2n) is 4.18. The number of pyridine rings is 1. The molecule has 108 valence electrons. The van der Waals surface area contributed by atoms with Gasteiger partial charge >= 0.3 is 0 Å². The number of nitro groups is 1. The number of carbonyl (C=O) groups is 1. The number of carbonyl (C=O) groups excluding carboxylic acids is 1. The van der Waals surface area contributed by atoms with Crippen molar-refractivity contribution in [3.8, 4) is 0 Å². The molecule has 0 saturated carbocycles. The zero-order valence-electron chi connectivity index (χ0n) is 10.8. The van der Waals surface area contributed by atoms with Gasteiger partial charge in [-0.1, -0.05) is 23.2 Å². The number of hydrogen-bond donors (Lipinski definition) is 1. The van der Waals surface area contributed by atoms with Gasteiger partial charge in [0.15, 0.2) is 0 Å². The Morgan fingerprint density at radius 1 is 1.29 bits per heavy atom. The molecule has 0 fully saturated rings. The summed E-state index contributed by atoms with van der Waals surface area (Å²) in [5.74, 6) is -0.471. The Balaban J connectivity index is 2.25. The van der Waals surface area contributed by atoms with Crippen molar-refractivity contribution in [3.05, 3.63) is 61.9 Å². The van der Waals surface area contributed by atoms with Crippen LogP contribution < -0.4 is 5.32 Å². The van der Waals surface area contributed by atoms with Crippen LogP contribution in [0.4, 0.5) is 11.4 Å². The third-order valence-corrected chi connectivity index (χ3v) is 3.23. The van der Waals surface area contributed by atoms with Crippen LogP contribution in [-0.2, 0) is 0 Å². The van der Waals surface area contributed by atoms with E-state index < -0.39 is 10.8 Å². The van der Waals surface area contributed by atoms with Crippen LogP contribution in [0.3, 0.4) is 0 Å². The fourth-order valence-corrected chi connectivity index (χ4v) is 2.10. The van der Waals surface area contributed by atoms with Crippen LogP contribution in [0.15, 0.2) is 30.3 Å². The first-order valence-electron chi connectivity index (χ1n) is 5.77. The summed E-state index contributed by atoms with van der Waals surface area (Å²) in [5.41, 5.74) is 1.14. The Labute approximate surface area is 129 Å². The molecule has 8 heteroatoms. The second-order valence-corrected chi connectivity index (χ2v) is 4.93. The van der Waals surface area contributed by atoms with Crippen molar-refractivity contribution in [3.63, 3.8) is 0 Å². The summed E-state index contributed by atoms with van der Waals surface area (Å²) >= 11 is 11.5. The van der Waals surface area contributed by atoms with Gasteiger partial charge in [-0.25, -0.2) is 4.98 Å². The lowest BCUT2D eigenvalue weighted by atomic mass is 10.1. The van der Waals surface area contributed by atoms with E-state index >= 15 is 0 Å². The first-order valence-corrected chi connectivity index (χ1v) is 6.52. The van der Waals surface area contributed by atoms with Crippen LogP contribution >= 0.6 is 23.2 Å². The predicted molar refractivity (Wildman–Crippen MR) is 80.0 cm³/mol. The Hall–Kier alpha value is -2.18. The van der Waals surface area contributed by atoms with Crippen molar-refractivity contribution in [2.24, 2.45) is 0 Å². The van der Waals surface area contributed by atoms with E-state index in [9.17, 15) is 14.9 Å². The summed E-state index contributed by atoms with van der Waals surface area (Å²) < 4.78 is 0. The van der Waals surface area contributed by atoms with Crippen molar-refractivity contribution < 1.29 is 9.72 Å². The van der Waals surface area contributed by atoms with Gasteiger partial charge in [-0.15, -0.1) is 0 Å². The van der Waals surface area contributed by atoms with Gasteiger partial charge in [-0.2, -0.15) is 0 Å². The van der Waals surface area contributed by atoms with Crippen LogP contribution in [0.2, 0.25) is 10.3 Å². The van der Waals surface area contributed by atoms with Crippen molar-refractivity contribution in [2.75, 3.05) is 5.32 Å². The molecule has 0 aliphatic heterocycles. The number of nitrogens with zero attached hydrogens (tertiary/aromatic N) is 2. The Kier molecular flexibility index (Phi) is 4.40. The van der Waals surface area contributed by atoms with Crippen molar-refractivity contribution >= 4 is 40.5 Å². The Bertz CT molecular complexity index is 735. The van der Waals surface area contributed by atoms with Gasteiger partial charge in [0, 0.05) is 17.8 Å². The topological polar surface area (TPSA) is 85.1 Å². The lowest BCUT2D eigenvalue weighted by Gasteiger charge is -2.09. The van der Waals surface area contributed by atoms with E-state index in [1.807, 2.05) is 0 Å². The average Bonchev–Trinajstić information content (AvgIpc) is 2.40. The quantitative estimate of drug-likeness (QED) is 0.527. The molecule has 2 aromatic rings. The van der Waals surface area contributed by atoms with Crippen molar-refractivity contribution in [2.45, 2.75) is 6.92 Å². The van der Waals surface area contributed by atoms with E-state index in [0.717, 1.165) is 0 Å². The van der Waals surface area contributed by atoms with Crippen LogP contribution in [-0.4, -0.2) is 15.8 Å². The van der Waals surface area contributed by atoms with Crippen molar-refractivity contribution in [1.82, 2.24) is 4.98 Å². The monoisotopic (exact) mass is 325 g/mol. The summed E-state index contributed by atoms with van der Waals surface area (Å²) in [5, 5.41) is 13.5.